The van der Waals surface area contributed by atoms with Gasteiger partial charge in [0.25, 0.3) is 5.69 Å². The number of benzene rings is 1. The number of nitrogens with two attached hydrogens (primary N) is 1. The number of hydrogen-bond acceptors (Lipinski definition) is 6. The molecule has 0 aromatic heterocycles. The van der Waals surface area contributed by atoms with Crippen molar-refractivity contribution in [3.63, 3.8) is 0 Å². The van der Waals surface area contributed by atoms with Crippen LogP contribution in [0.2, 0.25) is 0 Å². The van der Waals surface area contributed by atoms with E-state index in [-0.39, 0.29) is 30.0 Å². The van der Waals surface area contributed by atoms with Crippen molar-refractivity contribution < 1.29 is 18.1 Å². The van der Waals surface area contributed by atoms with Crippen LogP contribution < -0.4 is 15.8 Å². The summed E-state index contributed by atoms with van der Waals surface area (Å²) in [5, 5.41) is 13.5. The lowest BCUT2D eigenvalue weighted by atomic mass is 10.1. The lowest BCUT2D eigenvalue weighted by molar-refractivity contribution is -0.384. The maximum atomic E-state index is 11.0. The lowest BCUT2D eigenvalue weighted by Crippen LogP contribution is -2.27. The fourth-order valence-electron chi connectivity index (χ4n) is 1.42. The molecule has 10 heteroatoms. The van der Waals surface area contributed by atoms with E-state index >= 15 is 0 Å². The largest absolute Gasteiger partial charge is 0.378 e. The van der Waals surface area contributed by atoms with E-state index in [4.69, 9.17) is 5.73 Å². The second-order valence-corrected chi connectivity index (χ2v) is 5.78. The zero-order valence-electron chi connectivity index (χ0n) is 10.6. The van der Waals surface area contributed by atoms with Crippen LogP contribution in [0.4, 0.5) is 11.4 Å². The number of hydrogen-bond donors (Lipinski definition) is 3. The molecule has 0 aliphatic carbocycles. The van der Waals surface area contributed by atoms with Gasteiger partial charge in [-0.2, -0.15) is 0 Å². The van der Waals surface area contributed by atoms with E-state index in [0.29, 0.717) is 0 Å². The van der Waals surface area contributed by atoms with E-state index < -0.39 is 20.9 Å². The Balaban J connectivity index is 2.83. The third kappa shape index (κ3) is 4.82. The maximum absolute atomic E-state index is 11.0. The Hall–Kier alpha value is -2.20. The first kappa shape index (κ1) is 15.9. The lowest BCUT2D eigenvalue weighted by Gasteiger charge is -2.08. The number of nitrogens with one attached hydrogen (secondary N) is 2. The van der Waals surface area contributed by atoms with Gasteiger partial charge in [-0.3, -0.25) is 14.9 Å². The second-order valence-electron chi connectivity index (χ2n) is 3.95. The summed E-state index contributed by atoms with van der Waals surface area (Å²) < 4.78 is 23.9. The summed E-state index contributed by atoms with van der Waals surface area (Å²) in [5.41, 5.74) is 5.08. The Morgan fingerprint density at radius 1 is 1.40 bits per heavy atom. The molecular formula is C10H14N4O5S. The number of rotatable bonds is 7. The third-order valence-corrected chi connectivity index (χ3v) is 3.01. The van der Waals surface area contributed by atoms with Crippen LogP contribution in [0, 0.1) is 10.1 Å². The van der Waals surface area contributed by atoms with Crippen LogP contribution >= 0.6 is 0 Å². The molecule has 0 aliphatic heterocycles. The maximum Gasteiger partial charge on any atom is 0.292 e. The van der Waals surface area contributed by atoms with Gasteiger partial charge in [-0.15, -0.1) is 0 Å². The summed E-state index contributed by atoms with van der Waals surface area (Å²) in [4.78, 5) is 21.2. The van der Waals surface area contributed by atoms with Crippen LogP contribution in [0.1, 0.15) is 10.4 Å². The first-order valence-corrected chi connectivity index (χ1v) is 7.36. The van der Waals surface area contributed by atoms with Gasteiger partial charge in [-0.25, -0.2) is 13.1 Å². The molecule has 1 aromatic carbocycles. The number of sulfonamides is 1. The van der Waals surface area contributed by atoms with Gasteiger partial charge >= 0.3 is 0 Å². The van der Waals surface area contributed by atoms with E-state index in [1.807, 2.05) is 0 Å². The number of nitro benzene ring substituents is 1. The molecule has 0 unspecified atom stereocenters. The molecule has 9 nitrogen and oxygen atoms in total. The third-order valence-electron chi connectivity index (χ3n) is 2.28. The zero-order valence-corrected chi connectivity index (χ0v) is 11.4. The molecule has 0 atom stereocenters. The molecule has 0 heterocycles. The van der Waals surface area contributed by atoms with Gasteiger partial charge in [0.05, 0.1) is 11.2 Å². The molecule has 0 spiro atoms. The topological polar surface area (TPSA) is 144 Å². The number of nitro groups is 1. The van der Waals surface area contributed by atoms with Crippen LogP contribution in [0.3, 0.4) is 0 Å². The van der Waals surface area contributed by atoms with Crippen LogP contribution in [-0.4, -0.2) is 38.6 Å². The second kappa shape index (κ2) is 6.30. The number of carbonyl (C=O) groups is 1. The van der Waals surface area contributed by atoms with Gasteiger partial charge in [0, 0.05) is 24.7 Å². The van der Waals surface area contributed by atoms with E-state index in [1.54, 1.807) is 0 Å². The van der Waals surface area contributed by atoms with Crippen molar-refractivity contribution in [1.29, 1.82) is 0 Å². The van der Waals surface area contributed by atoms with Gasteiger partial charge in [-0.1, -0.05) is 0 Å². The number of carbonyl (C=O) groups excluding carboxylic acids is 1. The minimum absolute atomic E-state index is 0.0524. The minimum Gasteiger partial charge on any atom is -0.378 e. The quantitative estimate of drug-likeness (QED) is 0.357. The molecule has 0 aliphatic rings. The molecule has 0 fully saturated rings. The summed E-state index contributed by atoms with van der Waals surface area (Å²) in [6.45, 7) is 0.174. The summed E-state index contributed by atoms with van der Waals surface area (Å²) >= 11 is 0. The Bertz CT molecular complexity index is 629. The predicted molar refractivity (Wildman–Crippen MR) is 73.0 cm³/mol. The molecule has 0 radical (unpaired) electrons. The Morgan fingerprint density at radius 2 is 2.05 bits per heavy atom. The minimum atomic E-state index is -3.32. The van der Waals surface area contributed by atoms with E-state index in [2.05, 4.69) is 10.0 Å². The molecular weight excluding hydrogens is 288 g/mol. The van der Waals surface area contributed by atoms with Crippen LogP contribution in [0.5, 0.6) is 0 Å². The molecule has 0 saturated carbocycles. The normalized spacial score (nSPS) is 11.1. The average molecular weight is 302 g/mol. The number of primary amides is 1. The van der Waals surface area contributed by atoms with Crippen molar-refractivity contribution in [2.24, 2.45) is 5.73 Å². The van der Waals surface area contributed by atoms with Gasteiger partial charge in [0.15, 0.2) is 0 Å². The molecule has 0 bridgehead atoms. The summed E-state index contributed by atoms with van der Waals surface area (Å²) in [5.74, 6) is -0.711. The highest BCUT2D eigenvalue weighted by molar-refractivity contribution is 7.88. The van der Waals surface area contributed by atoms with Gasteiger partial charge in [0.1, 0.15) is 5.69 Å². The number of nitrogens with zero attached hydrogens (tertiary/aromatic N) is 1. The van der Waals surface area contributed by atoms with Crippen molar-refractivity contribution in [2.75, 3.05) is 24.7 Å². The SMILES string of the molecule is CS(=O)(=O)NCCNc1cc(C(N)=O)ccc1[N+](=O)[O-]. The van der Waals surface area contributed by atoms with Gasteiger partial charge in [-0.05, 0) is 12.1 Å². The molecule has 110 valence electrons. The Morgan fingerprint density at radius 3 is 2.55 bits per heavy atom. The molecule has 20 heavy (non-hydrogen) atoms. The molecule has 1 aromatic rings. The first-order valence-electron chi connectivity index (χ1n) is 5.47. The van der Waals surface area contributed by atoms with E-state index in [9.17, 15) is 23.3 Å². The smallest absolute Gasteiger partial charge is 0.292 e. The van der Waals surface area contributed by atoms with Crippen LogP contribution in [0.15, 0.2) is 18.2 Å². The standard InChI is InChI=1S/C10H14N4O5S/c1-20(18,19)13-5-4-12-8-6-7(10(11)15)2-3-9(8)14(16)17/h2-3,6,12-13H,4-5H2,1H3,(H2,11,15). The molecule has 0 saturated heterocycles. The zero-order chi connectivity index (χ0) is 15.3. The highest BCUT2D eigenvalue weighted by atomic mass is 32.2. The molecule has 1 rings (SSSR count). The predicted octanol–water partition coefficient (Wildman–Crippen LogP) is -0.345. The van der Waals surface area contributed by atoms with Crippen molar-refractivity contribution in [1.82, 2.24) is 4.72 Å². The van der Waals surface area contributed by atoms with Gasteiger partial charge < -0.3 is 11.1 Å². The highest BCUT2D eigenvalue weighted by Gasteiger charge is 2.15. The van der Waals surface area contributed by atoms with Crippen LogP contribution in [-0.2, 0) is 10.0 Å². The van der Waals surface area contributed by atoms with Crippen molar-refractivity contribution in [2.45, 2.75) is 0 Å². The Labute approximate surface area is 115 Å². The fourth-order valence-corrected chi connectivity index (χ4v) is 1.90. The summed E-state index contributed by atoms with van der Waals surface area (Å²) in [7, 11) is -3.32. The summed E-state index contributed by atoms with van der Waals surface area (Å²) in [6, 6.07) is 3.66. The number of anilines is 1. The van der Waals surface area contributed by atoms with Crippen LogP contribution in [0.25, 0.3) is 0 Å². The number of amides is 1. The van der Waals surface area contributed by atoms with Crippen molar-refractivity contribution in [3.8, 4) is 0 Å². The first-order chi connectivity index (χ1) is 9.20. The summed E-state index contributed by atoms with van der Waals surface area (Å²) in [6.07, 6.45) is 1.00. The fraction of sp³-hybridized carbons (Fsp3) is 0.300. The van der Waals surface area contributed by atoms with Crippen molar-refractivity contribution in [3.05, 3.63) is 33.9 Å². The monoisotopic (exact) mass is 302 g/mol. The average Bonchev–Trinajstić information content (AvgIpc) is 2.33. The van der Waals surface area contributed by atoms with E-state index in [0.717, 1.165) is 12.3 Å². The van der Waals surface area contributed by atoms with E-state index in [1.165, 1.54) is 12.1 Å². The molecule has 4 N–H and O–H groups in total. The Kier molecular flexibility index (Phi) is 5.00. The van der Waals surface area contributed by atoms with Crippen molar-refractivity contribution >= 4 is 27.3 Å². The molecule has 1 amide bonds. The van der Waals surface area contributed by atoms with Gasteiger partial charge in [0.2, 0.25) is 15.9 Å². The highest BCUT2D eigenvalue weighted by Crippen LogP contribution is 2.25.